The number of H-pyrrole nitrogens is 1. The van der Waals surface area contributed by atoms with E-state index in [1.54, 1.807) is 6.20 Å². The van der Waals surface area contributed by atoms with Gasteiger partial charge in [-0.15, -0.1) is 10.2 Å². The van der Waals surface area contributed by atoms with Crippen LogP contribution < -0.4 is 5.32 Å². The number of nitrogens with one attached hydrogen (secondary N) is 2. The quantitative estimate of drug-likeness (QED) is 0.764. The number of anilines is 1. The van der Waals surface area contributed by atoms with Crippen LogP contribution in [0.1, 0.15) is 30.4 Å². The van der Waals surface area contributed by atoms with Crippen molar-refractivity contribution in [3.05, 3.63) is 53.7 Å². The molecule has 2 heterocycles. The highest BCUT2D eigenvalue weighted by Crippen LogP contribution is 2.45. The van der Waals surface area contributed by atoms with Crippen LogP contribution in [0.15, 0.2) is 42.6 Å². The van der Waals surface area contributed by atoms with Crippen molar-refractivity contribution in [2.24, 2.45) is 0 Å². The Morgan fingerprint density at radius 3 is 2.76 bits per heavy atom. The Balaban J connectivity index is 1.63. The lowest BCUT2D eigenvalue weighted by Gasteiger charge is -2.40. The number of aromatic amines is 1. The van der Waals surface area contributed by atoms with Crippen LogP contribution in [0.5, 0.6) is 0 Å². The minimum Gasteiger partial charge on any atom is -0.310 e. The molecule has 25 heavy (non-hydrogen) atoms. The van der Waals surface area contributed by atoms with Gasteiger partial charge in [0.2, 0.25) is 11.7 Å². The summed E-state index contributed by atoms with van der Waals surface area (Å²) in [6.07, 6.45) is 4.42. The average molecular weight is 334 g/mol. The second-order valence-corrected chi connectivity index (χ2v) is 6.43. The standard InChI is InChI=1S/C18H18N6O/c1-12-6-7-15(19-11-12)20-17(25)18(8-3-9-18)14-5-2-4-13(10-14)16-21-23-24-22-16/h2,4-7,10-11H,3,8-9H2,1H3,(H,19,20,25)(H,21,22,23,24). The van der Waals surface area contributed by atoms with Gasteiger partial charge in [0.15, 0.2) is 0 Å². The molecule has 0 aliphatic heterocycles. The number of hydrogen-bond acceptors (Lipinski definition) is 5. The molecule has 4 rings (SSSR count). The third kappa shape index (κ3) is 2.77. The van der Waals surface area contributed by atoms with Gasteiger partial charge in [-0.25, -0.2) is 4.98 Å². The topological polar surface area (TPSA) is 96.5 Å². The van der Waals surface area contributed by atoms with Crippen molar-refractivity contribution >= 4 is 11.7 Å². The summed E-state index contributed by atoms with van der Waals surface area (Å²) in [5, 5.41) is 17.1. The lowest BCUT2D eigenvalue weighted by atomic mass is 9.63. The summed E-state index contributed by atoms with van der Waals surface area (Å²) >= 11 is 0. The van der Waals surface area contributed by atoms with E-state index in [0.717, 1.165) is 36.0 Å². The van der Waals surface area contributed by atoms with Gasteiger partial charge in [-0.05, 0) is 48.2 Å². The van der Waals surface area contributed by atoms with Crippen molar-refractivity contribution < 1.29 is 4.79 Å². The Morgan fingerprint density at radius 2 is 2.12 bits per heavy atom. The number of carbonyl (C=O) groups is 1. The van der Waals surface area contributed by atoms with Gasteiger partial charge >= 0.3 is 0 Å². The highest BCUT2D eigenvalue weighted by Gasteiger charge is 2.45. The summed E-state index contributed by atoms with van der Waals surface area (Å²) in [7, 11) is 0. The molecular formula is C18H18N6O. The van der Waals surface area contributed by atoms with Gasteiger partial charge in [0, 0.05) is 11.8 Å². The van der Waals surface area contributed by atoms with E-state index in [-0.39, 0.29) is 5.91 Å². The normalized spacial score (nSPS) is 15.4. The molecule has 0 unspecified atom stereocenters. The number of aryl methyl sites for hydroxylation is 1. The molecule has 7 heteroatoms. The fourth-order valence-corrected chi connectivity index (χ4v) is 3.19. The summed E-state index contributed by atoms with van der Waals surface area (Å²) in [5.74, 6) is 1.09. The fraction of sp³-hybridized carbons (Fsp3) is 0.278. The monoisotopic (exact) mass is 334 g/mol. The maximum Gasteiger partial charge on any atom is 0.236 e. The summed E-state index contributed by atoms with van der Waals surface area (Å²) in [6.45, 7) is 1.97. The van der Waals surface area contributed by atoms with Gasteiger partial charge in [0.25, 0.3) is 0 Å². The number of rotatable bonds is 4. The maximum atomic E-state index is 13.0. The van der Waals surface area contributed by atoms with Crippen LogP contribution in [0.3, 0.4) is 0 Å². The number of aromatic nitrogens is 5. The predicted octanol–water partition coefficient (Wildman–Crippen LogP) is 2.63. The molecule has 1 aromatic carbocycles. The fourth-order valence-electron chi connectivity index (χ4n) is 3.19. The van der Waals surface area contributed by atoms with Gasteiger partial charge in [-0.2, -0.15) is 5.21 Å². The third-order valence-corrected chi connectivity index (χ3v) is 4.81. The molecule has 1 amide bonds. The molecule has 1 fully saturated rings. The molecule has 1 aliphatic carbocycles. The van der Waals surface area contributed by atoms with E-state index in [4.69, 9.17) is 0 Å². The minimum absolute atomic E-state index is 0.0136. The second-order valence-electron chi connectivity index (χ2n) is 6.43. The first-order valence-electron chi connectivity index (χ1n) is 8.26. The number of hydrogen-bond donors (Lipinski definition) is 2. The van der Waals surface area contributed by atoms with Crippen LogP contribution >= 0.6 is 0 Å². The van der Waals surface area contributed by atoms with E-state index in [9.17, 15) is 4.79 Å². The van der Waals surface area contributed by atoms with E-state index >= 15 is 0 Å². The molecule has 3 aromatic rings. The van der Waals surface area contributed by atoms with Crippen LogP contribution in [-0.2, 0) is 10.2 Å². The molecule has 0 saturated heterocycles. The van der Waals surface area contributed by atoms with E-state index in [0.29, 0.717) is 11.6 Å². The number of nitrogens with zero attached hydrogens (tertiary/aromatic N) is 4. The molecule has 0 spiro atoms. The van der Waals surface area contributed by atoms with Gasteiger partial charge in [-0.3, -0.25) is 4.79 Å². The van der Waals surface area contributed by atoms with Crippen LogP contribution in [0.25, 0.3) is 11.4 Å². The van der Waals surface area contributed by atoms with E-state index in [1.807, 2.05) is 43.3 Å². The molecule has 7 nitrogen and oxygen atoms in total. The summed E-state index contributed by atoms with van der Waals surface area (Å²) in [5.41, 5.74) is 2.36. The Labute approximate surface area is 144 Å². The van der Waals surface area contributed by atoms with Gasteiger partial charge in [0.05, 0.1) is 5.41 Å². The number of amides is 1. The zero-order chi connectivity index (χ0) is 17.3. The van der Waals surface area contributed by atoms with E-state index in [1.165, 1.54) is 0 Å². The van der Waals surface area contributed by atoms with Crippen molar-refractivity contribution in [3.63, 3.8) is 0 Å². The van der Waals surface area contributed by atoms with Gasteiger partial charge in [0.1, 0.15) is 5.82 Å². The van der Waals surface area contributed by atoms with Crippen LogP contribution in [0.2, 0.25) is 0 Å². The average Bonchev–Trinajstić information content (AvgIpc) is 3.11. The van der Waals surface area contributed by atoms with Crippen LogP contribution in [0.4, 0.5) is 5.82 Å². The Bertz CT molecular complexity index is 884. The largest absolute Gasteiger partial charge is 0.310 e. The summed E-state index contributed by atoms with van der Waals surface area (Å²) in [6, 6.07) is 11.6. The molecule has 0 atom stereocenters. The van der Waals surface area contributed by atoms with Crippen molar-refractivity contribution in [3.8, 4) is 11.4 Å². The smallest absolute Gasteiger partial charge is 0.236 e. The molecule has 1 aliphatic rings. The highest BCUT2D eigenvalue weighted by atomic mass is 16.2. The predicted molar refractivity (Wildman–Crippen MR) is 92.7 cm³/mol. The highest BCUT2D eigenvalue weighted by molar-refractivity contribution is 5.99. The Morgan fingerprint density at radius 1 is 1.24 bits per heavy atom. The molecule has 0 bridgehead atoms. The maximum absolute atomic E-state index is 13.0. The van der Waals surface area contributed by atoms with Gasteiger partial charge in [-0.1, -0.05) is 30.7 Å². The number of benzene rings is 1. The summed E-state index contributed by atoms with van der Waals surface area (Å²) in [4.78, 5) is 17.3. The molecule has 2 N–H and O–H groups in total. The van der Waals surface area contributed by atoms with E-state index < -0.39 is 5.41 Å². The Kier molecular flexibility index (Phi) is 3.76. The SMILES string of the molecule is Cc1ccc(NC(=O)C2(c3cccc(-c4nn[nH]n4)c3)CCC2)nc1. The first kappa shape index (κ1) is 15.4. The molecule has 0 radical (unpaired) electrons. The third-order valence-electron chi connectivity index (χ3n) is 4.81. The van der Waals surface area contributed by atoms with Crippen LogP contribution in [0, 0.1) is 6.92 Å². The van der Waals surface area contributed by atoms with Gasteiger partial charge < -0.3 is 5.32 Å². The number of tetrazole rings is 1. The zero-order valence-electron chi connectivity index (χ0n) is 13.9. The Hall–Kier alpha value is -3.09. The molecule has 126 valence electrons. The van der Waals surface area contributed by atoms with E-state index in [2.05, 4.69) is 30.9 Å². The number of carbonyl (C=O) groups excluding carboxylic acids is 1. The van der Waals surface area contributed by atoms with Crippen molar-refractivity contribution in [2.75, 3.05) is 5.32 Å². The van der Waals surface area contributed by atoms with Crippen LogP contribution in [-0.4, -0.2) is 31.5 Å². The number of pyridine rings is 1. The first-order valence-corrected chi connectivity index (χ1v) is 8.26. The zero-order valence-corrected chi connectivity index (χ0v) is 13.9. The molecular weight excluding hydrogens is 316 g/mol. The second kappa shape index (κ2) is 6.08. The molecule has 1 saturated carbocycles. The lowest BCUT2D eigenvalue weighted by Crippen LogP contribution is -2.46. The lowest BCUT2D eigenvalue weighted by molar-refractivity contribution is -0.124. The molecule has 2 aromatic heterocycles. The summed E-state index contributed by atoms with van der Waals surface area (Å²) < 4.78 is 0. The van der Waals surface area contributed by atoms with Crippen molar-refractivity contribution in [2.45, 2.75) is 31.6 Å². The minimum atomic E-state index is -0.522. The van der Waals surface area contributed by atoms with Crippen molar-refractivity contribution in [1.82, 2.24) is 25.6 Å². The first-order chi connectivity index (χ1) is 12.2. The van der Waals surface area contributed by atoms with Crippen molar-refractivity contribution in [1.29, 1.82) is 0 Å².